The van der Waals surface area contributed by atoms with Crippen LogP contribution in [0.5, 0.6) is 0 Å². The Bertz CT molecular complexity index is 142. The van der Waals surface area contributed by atoms with E-state index in [2.05, 4.69) is 16.6 Å². The highest BCUT2D eigenvalue weighted by atomic mass is 15.0. The molecule has 1 fully saturated rings. The van der Waals surface area contributed by atoms with Crippen LogP contribution in [0.2, 0.25) is 0 Å². The Hall–Kier alpha value is -0.520. The van der Waals surface area contributed by atoms with Gasteiger partial charge in [0.2, 0.25) is 0 Å². The van der Waals surface area contributed by atoms with Crippen molar-refractivity contribution in [1.29, 1.82) is 0 Å². The molecule has 1 unspecified atom stereocenters. The summed E-state index contributed by atoms with van der Waals surface area (Å²) in [4.78, 5) is 0. The minimum atomic E-state index is 0.677. The number of piperidine rings is 1. The van der Waals surface area contributed by atoms with Crippen molar-refractivity contribution in [2.45, 2.75) is 31.7 Å². The molecular formula is C10H18N2. The first kappa shape index (κ1) is 9.57. The fourth-order valence-electron chi connectivity index (χ4n) is 1.54. The van der Waals surface area contributed by atoms with Gasteiger partial charge in [0.25, 0.3) is 0 Å². The van der Waals surface area contributed by atoms with Crippen LogP contribution in [0.3, 0.4) is 0 Å². The second-order valence-electron chi connectivity index (χ2n) is 3.31. The van der Waals surface area contributed by atoms with Gasteiger partial charge >= 0.3 is 0 Å². The van der Waals surface area contributed by atoms with Crippen LogP contribution in [-0.2, 0) is 0 Å². The molecule has 1 rings (SSSR count). The molecule has 0 aromatic carbocycles. The third kappa shape index (κ3) is 3.75. The highest BCUT2D eigenvalue weighted by Crippen LogP contribution is 2.05. The Balaban J connectivity index is 1.95. The Labute approximate surface area is 75.1 Å². The van der Waals surface area contributed by atoms with Crippen LogP contribution in [-0.4, -0.2) is 25.7 Å². The fraction of sp³-hybridized carbons (Fsp3) is 0.800. The standard InChI is InChI=1S/C10H18N2/c1-2-3-7-11-9-10-6-4-5-8-12-10/h1,10-12H,3-9H2. The molecule has 0 radical (unpaired) electrons. The highest BCUT2D eigenvalue weighted by Gasteiger charge is 2.10. The first-order valence-electron chi connectivity index (χ1n) is 4.81. The summed E-state index contributed by atoms with van der Waals surface area (Å²) in [6.45, 7) is 3.21. The van der Waals surface area contributed by atoms with Crippen molar-refractivity contribution >= 4 is 0 Å². The van der Waals surface area contributed by atoms with Gasteiger partial charge in [-0.15, -0.1) is 12.3 Å². The van der Waals surface area contributed by atoms with Gasteiger partial charge < -0.3 is 10.6 Å². The minimum Gasteiger partial charge on any atom is -0.314 e. The average molecular weight is 166 g/mol. The molecule has 0 aromatic rings. The summed E-state index contributed by atoms with van der Waals surface area (Å²) in [7, 11) is 0. The molecule has 68 valence electrons. The van der Waals surface area contributed by atoms with Crippen LogP contribution in [0.4, 0.5) is 0 Å². The molecule has 2 heteroatoms. The SMILES string of the molecule is C#CCCNCC1CCCCN1. The largest absolute Gasteiger partial charge is 0.314 e. The van der Waals surface area contributed by atoms with E-state index in [1.54, 1.807) is 0 Å². The zero-order chi connectivity index (χ0) is 8.65. The Morgan fingerprint density at radius 1 is 1.50 bits per heavy atom. The van der Waals surface area contributed by atoms with Crippen LogP contribution in [0.1, 0.15) is 25.7 Å². The normalized spacial score (nSPS) is 23.4. The van der Waals surface area contributed by atoms with E-state index < -0.39 is 0 Å². The zero-order valence-corrected chi connectivity index (χ0v) is 7.60. The van der Waals surface area contributed by atoms with Crippen LogP contribution in [0.15, 0.2) is 0 Å². The van der Waals surface area contributed by atoms with Gasteiger partial charge in [-0.3, -0.25) is 0 Å². The topological polar surface area (TPSA) is 24.1 Å². The maximum absolute atomic E-state index is 5.14. The van der Waals surface area contributed by atoms with Crippen LogP contribution in [0, 0.1) is 12.3 Å². The monoisotopic (exact) mass is 166 g/mol. The molecule has 12 heavy (non-hydrogen) atoms. The lowest BCUT2D eigenvalue weighted by atomic mass is 10.1. The van der Waals surface area contributed by atoms with Crippen molar-refractivity contribution in [2.24, 2.45) is 0 Å². The maximum Gasteiger partial charge on any atom is 0.0211 e. The molecule has 1 aliphatic heterocycles. The van der Waals surface area contributed by atoms with Gasteiger partial charge in [-0.25, -0.2) is 0 Å². The molecule has 0 aromatic heterocycles. The van der Waals surface area contributed by atoms with Crippen molar-refractivity contribution in [3.05, 3.63) is 0 Å². The Morgan fingerprint density at radius 2 is 2.42 bits per heavy atom. The van der Waals surface area contributed by atoms with E-state index in [0.29, 0.717) is 6.04 Å². The van der Waals surface area contributed by atoms with Crippen molar-refractivity contribution < 1.29 is 0 Å². The summed E-state index contributed by atoms with van der Waals surface area (Å²) in [5.74, 6) is 2.62. The summed E-state index contributed by atoms with van der Waals surface area (Å²) in [6.07, 6.45) is 9.99. The summed E-state index contributed by atoms with van der Waals surface area (Å²) < 4.78 is 0. The van der Waals surface area contributed by atoms with Gasteiger partial charge in [-0.05, 0) is 19.4 Å². The molecule has 2 nitrogen and oxygen atoms in total. The van der Waals surface area contributed by atoms with Gasteiger partial charge in [-0.2, -0.15) is 0 Å². The molecule has 0 bridgehead atoms. The summed E-state index contributed by atoms with van der Waals surface area (Å²) in [5, 5.41) is 6.83. The number of terminal acetylenes is 1. The first-order chi connectivity index (χ1) is 5.93. The molecule has 0 spiro atoms. The minimum absolute atomic E-state index is 0.677. The lowest BCUT2D eigenvalue weighted by Gasteiger charge is -2.23. The zero-order valence-electron chi connectivity index (χ0n) is 7.60. The Kier molecular flexibility index (Phi) is 4.82. The molecule has 0 amide bonds. The lowest BCUT2D eigenvalue weighted by molar-refractivity contribution is 0.385. The summed E-state index contributed by atoms with van der Waals surface area (Å²) in [6, 6.07) is 0.677. The molecule has 1 saturated heterocycles. The van der Waals surface area contributed by atoms with Crippen LogP contribution in [0.25, 0.3) is 0 Å². The predicted molar refractivity (Wildman–Crippen MR) is 52.0 cm³/mol. The number of nitrogens with one attached hydrogen (secondary N) is 2. The van der Waals surface area contributed by atoms with E-state index >= 15 is 0 Å². The van der Waals surface area contributed by atoms with Crippen molar-refractivity contribution in [3.63, 3.8) is 0 Å². The van der Waals surface area contributed by atoms with Gasteiger partial charge in [-0.1, -0.05) is 6.42 Å². The first-order valence-corrected chi connectivity index (χ1v) is 4.81. The number of hydrogen-bond acceptors (Lipinski definition) is 2. The lowest BCUT2D eigenvalue weighted by Crippen LogP contribution is -2.41. The van der Waals surface area contributed by atoms with E-state index in [-0.39, 0.29) is 0 Å². The van der Waals surface area contributed by atoms with Gasteiger partial charge in [0.15, 0.2) is 0 Å². The van der Waals surface area contributed by atoms with Crippen LogP contribution >= 0.6 is 0 Å². The number of hydrogen-bond donors (Lipinski definition) is 2. The summed E-state index contributed by atoms with van der Waals surface area (Å²) in [5.41, 5.74) is 0. The van der Waals surface area contributed by atoms with E-state index in [9.17, 15) is 0 Å². The average Bonchev–Trinajstić information content (AvgIpc) is 2.14. The van der Waals surface area contributed by atoms with Crippen molar-refractivity contribution in [2.75, 3.05) is 19.6 Å². The molecule has 0 saturated carbocycles. The highest BCUT2D eigenvalue weighted by molar-refractivity contribution is 4.84. The Morgan fingerprint density at radius 3 is 3.08 bits per heavy atom. The molecule has 0 aliphatic carbocycles. The third-order valence-corrected chi connectivity index (χ3v) is 2.25. The maximum atomic E-state index is 5.14. The van der Waals surface area contributed by atoms with Gasteiger partial charge in [0.1, 0.15) is 0 Å². The summed E-state index contributed by atoms with van der Waals surface area (Å²) >= 11 is 0. The van der Waals surface area contributed by atoms with E-state index in [1.807, 2.05) is 0 Å². The quantitative estimate of drug-likeness (QED) is 0.475. The number of rotatable bonds is 4. The van der Waals surface area contributed by atoms with Gasteiger partial charge in [0, 0.05) is 25.6 Å². The molecular weight excluding hydrogens is 148 g/mol. The van der Waals surface area contributed by atoms with Gasteiger partial charge in [0.05, 0.1) is 0 Å². The van der Waals surface area contributed by atoms with Crippen LogP contribution < -0.4 is 10.6 Å². The van der Waals surface area contributed by atoms with Crippen molar-refractivity contribution in [1.82, 2.24) is 10.6 Å². The molecule has 1 aliphatic rings. The second kappa shape index (κ2) is 6.05. The third-order valence-electron chi connectivity index (χ3n) is 2.25. The predicted octanol–water partition coefficient (Wildman–Crippen LogP) is 0.741. The second-order valence-corrected chi connectivity index (χ2v) is 3.31. The fourth-order valence-corrected chi connectivity index (χ4v) is 1.54. The van der Waals surface area contributed by atoms with E-state index in [4.69, 9.17) is 6.42 Å². The van der Waals surface area contributed by atoms with E-state index in [0.717, 1.165) is 19.5 Å². The smallest absolute Gasteiger partial charge is 0.0211 e. The molecule has 1 heterocycles. The molecule has 2 N–H and O–H groups in total. The van der Waals surface area contributed by atoms with E-state index in [1.165, 1.54) is 25.8 Å². The molecule has 1 atom stereocenters. The van der Waals surface area contributed by atoms with Crippen molar-refractivity contribution in [3.8, 4) is 12.3 Å².